The molecule has 1 aliphatic heterocycles. The Kier molecular flexibility index (Phi) is 5.73. The molecule has 5 heteroatoms. The molecule has 0 aliphatic carbocycles. The van der Waals surface area contributed by atoms with Crippen molar-refractivity contribution >= 4 is 23.0 Å². The van der Waals surface area contributed by atoms with Crippen LogP contribution in [0.5, 0.6) is 0 Å². The lowest BCUT2D eigenvalue weighted by Gasteiger charge is -2.31. The quantitative estimate of drug-likeness (QED) is 0.482. The number of benzene rings is 2. The Hall–Kier alpha value is -2.92. The fraction of sp³-hybridized carbons (Fsp3) is 0.360. The fourth-order valence-corrected chi connectivity index (χ4v) is 3.83. The third kappa shape index (κ3) is 3.65. The Morgan fingerprint density at radius 1 is 0.733 bits per heavy atom. The molecule has 3 aromatic rings. The van der Waals surface area contributed by atoms with Crippen molar-refractivity contribution in [1.82, 2.24) is 9.97 Å². The molecule has 0 saturated heterocycles. The van der Waals surface area contributed by atoms with E-state index in [2.05, 4.69) is 96.0 Å². The SMILES string of the molecule is CCOC1N(c2ccc(C(C)C)cc2)c2nccnc2N1c1ccc(C(C)C)cc1. The molecule has 0 unspecified atom stereocenters. The molecule has 2 aromatic carbocycles. The summed E-state index contributed by atoms with van der Waals surface area (Å²) in [7, 11) is 0. The van der Waals surface area contributed by atoms with E-state index in [0.29, 0.717) is 18.4 Å². The molecular weight excluding hydrogens is 372 g/mol. The summed E-state index contributed by atoms with van der Waals surface area (Å²) in [4.78, 5) is 13.6. The third-order valence-electron chi connectivity index (χ3n) is 5.55. The minimum Gasteiger partial charge on any atom is -0.340 e. The highest BCUT2D eigenvalue weighted by Gasteiger charge is 2.40. The Balaban J connectivity index is 1.79. The molecular formula is C25H30N4O. The van der Waals surface area contributed by atoms with E-state index in [0.717, 1.165) is 23.0 Å². The van der Waals surface area contributed by atoms with Crippen molar-refractivity contribution in [3.63, 3.8) is 0 Å². The largest absolute Gasteiger partial charge is 0.340 e. The first-order valence-corrected chi connectivity index (χ1v) is 10.7. The van der Waals surface area contributed by atoms with Crippen LogP contribution in [-0.4, -0.2) is 22.9 Å². The molecule has 0 spiro atoms. The van der Waals surface area contributed by atoms with Crippen molar-refractivity contribution in [2.24, 2.45) is 0 Å². The van der Waals surface area contributed by atoms with Crippen LogP contribution in [0.4, 0.5) is 23.0 Å². The number of fused-ring (bicyclic) bond motifs is 1. The summed E-state index contributed by atoms with van der Waals surface area (Å²) in [5, 5.41) is 0. The molecule has 30 heavy (non-hydrogen) atoms. The maximum atomic E-state index is 6.25. The third-order valence-corrected chi connectivity index (χ3v) is 5.55. The highest BCUT2D eigenvalue weighted by molar-refractivity contribution is 5.82. The minimum atomic E-state index is -0.345. The summed E-state index contributed by atoms with van der Waals surface area (Å²) in [6, 6.07) is 17.3. The summed E-state index contributed by atoms with van der Waals surface area (Å²) in [6.45, 7) is 11.4. The van der Waals surface area contributed by atoms with Gasteiger partial charge in [-0.05, 0) is 54.2 Å². The zero-order chi connectivity index (χ0) is 21.3. The van der Waals surface area contributed by atoms with Gasteiger partial charge in [0.05, 0.1) is 0 Å². The van der Waals surface area contributed by atoms with Crippen LogP contribution in [-0.2, 0) is 4.74 Å². The molecule has 0 atom stereocenters. The second-order valence-corrected chi connectivity index (χ2v) is 8.22. The fourth-order valence-electron chi connectivity index (χ4n) is 3.83. The standard InChI is InChI=1S/C25H30N4O/c1-6-30-25-28(21-11-7-19(8-12-21)17(2)3)23-24(27-16-15-26-23)29(25)22-13-9-20(10-14-22)18(4)5/h7-18,25H,6H2,1-5H3. The van der Waals surface area contributed by atoms with E-state index >= 15 is 0 Å². The number of rotatable bonds is 6. The summed E-state index contributed by atoms with van der Waals surface area (Å²) in [5.41, 5.74) is 4.71. The van der Waals surface area contributed by atoms with E-state index in [-0.39, 0.29) is 6.35 Å². The second-order valence-electron chi connectivity index (χ2n) is 8.22. The van der Waals surface area contributed by atoms with Crippen molar-refractivity contribution in [3.8, 4) is 0 Å². The van der Waals surface area contributed by atoms with Crippen LogP contribution in [0.1, 0.15) is 57.6 Å². The molecule has 1 aliphatic rings. The normalized spacial score (nSPS) is 14.1. The highest BCUT2D eigenvalue weighted by atomic mass is 16.5. The van der Waals surface area contributed by atoms with Crippen molar-refractivity contribution in [3.05, 3.63) is 72.1 Å². The average molecular weight is 403 g/mol. The van der Waals surface area contributed by atoms with Gasteiger partial charge in [0.25, 0.3) is 0 Å². The Morgan fingerprint density at radius 2 is 1.13 bits per heavy atom. The number of nitrogens with zero attached hydrogens (tertiary/aromatic N) is 4. The van der Waals surface area contributed by atoms with Crippen molar-refractivity contribution in [1.29, 1.82) is 0 Å². The first-order valence-electron chi connectivity index (χ1n) is 10.7. The monoisotopic (exact) mass is 402 g/mol. The van der Waals surface area contributed by atoms with Crippen LogP contribution >= 0.6 is 0 Å². The van der Waals surface area contributed by atoms with Gasteiger partial charge in [-0.3, -0.25) is 9.80 Å². The molecule has 1 aromatic heterocycles. The van der Waals surface area contributed by atoms with E-state index in [1.807, 2.05) is 6.92 Å². The van der Waals surface area contributed by atoms with E-state index in [1.54, 1.807) is 12.4 Å². The first-order chi connectivity index (χ1) is 14.5. The first kappa shape index (κ1) is 20.4. The molecule has 156 valence electrons. The smallest absolute Gasteiger partial charge is 0.221 e. The molecule has 5 nitrogen and oxygen atoms in total. The lowest BCUT2D eigenvalue weighted by molar-refractivity contribution is 0.0767. The van der Waals surface area contributed by atoms with Gasteiger partial charge in [0.1, 0.15) is 0 Å². The zero-order valence-electron chi connectivity index (χ0n) is 18.4. The van der Waals surface area contributed by atoms with Gasteiger partial charge >= 0.3 is 0 Å². The van der Waals surface area contributed by atoms with Crippen LogP contribution in [0.25, 0.3) is 0 Å². The van der Waals surface area contributed by atoms with Gasteiger partial charge in [-0.15, -0.1) is 0 Å². The topological polar surface area (TPSA) is 41.5 Å². The average Bonchev–Trinajstić information content (AvgIpc) is 3.08. The van der Waals surface area contributed by atoms with Gasteiger partial charge in [0.15, 0.2) is 11.6 Å². The van der Waals surface area contributed by atoms with E-state index in [9.17, 15) is 0 Å². The minimum absolute atomic E-state index is 0.345. The summed E-state index contributed by atoms with van der Waals surface area (Å²) < 4.78 is 6.25. The maximum Gasteiger partial charge on any atom is 0.221 e. The molecule has 0 bridgehead atoms. The molecule has 4 rings (SSSR count). The maximum absolute atomic E-state index is 6.25. The van der Waals surface area contributed by atoms with Crippen LogP contribution in [0.15, 0.2) is 60.9 Å². The van der Waals surface area contributed by atoms with Crippen LogP contribution in [0.3, 0.4) is 0 Å². The van der Waals surface area contributed by atoms with Gasteiger partial charge < -0.3 is 4.74 Å². The summed E-state index contributed by atoms with van der Waals surface area (Å²) in [5.74, 6) is 2.59. The predicted molar refractivity (Wildman–Crippen MR) is 123 cm³/mol. The number of aromatic nitrogens is 2. The van der Waals surface area contributed by atoms with Crippen LogP contribution < -0.4 is 9.80 Å². The highest BCUT2D eigenvalue weighted by Crippen LogP contribution is 2.45. The summed E-state index contributed by atoms with van der Waals surface area (Å²) in [6.07, 6.45) is 3.13. The molecule has 0 radical (unpaired) electrons. The van der Waals surface area contributed by atoms with Gasteiger partial charge in [-0.2, -0.15) is 0 Å². The number of ether oxygens (including phenoxy) is 1. The predicted octanol–water partition coefficient (Wildman–Crippen LogP) is 6.33. The Morgan fingerprint density at radius 3 is 1.47 bits per heavy atom. The molecule has 0 saturated carbocycles. The summed E-state index contributed by atoms with van der Waals surface area (Å²) >= 11 is 0. The van der Waals surface area contributed by atoms with E-state index < -0.39 is 0 Å². The lowest BCUT2D eigenvalue weighted by atomic mass is 10.0. The zero-order valence-corrected chi connectivity index (χ0v) is 18.4. The van der Waals surface area contributed by atoms with Gasteiger partial charge in [0.2, 0.25) is 6.35 Å². The second kappa shape index (κ2) is 8.44. The van der Waals surface area contributed by atoms with Crippen LogP contribution in [0, 0.1) is 0 Å². The molecule has 0 fully saturated rings. The molecule has 0 N–H and O–H groups in total. The number of anilines is 4. The van der Waals surface area contributed by atoms with Crippen LogP contribution in [0.2, 0.25) is 0 Å². The van der Waals surface area contributed by atoms with Gasteiger partial charge in [0, 0.05) is 30.4 Å². The Labute approximate surface area is 179 Å². The number of hydrogen-bond acceptors (Lipinski definition) is 5. The van der Waals surface area contributed by atoms with Crippen molar-refractivity contribution < 1.29 is 4.74 Å². The van der Waals surface area contributed by atoms with E-state index in [1.165, 1.54) is 11.1 Å². The van der Waals surface area contributed by atoms with Crippen molar-refractivity contribution in [2.75, 3.05) is 16.4 Å². The van der Waals surface area contributed by atoms with Crippen molar-refractivity contribution in [2.45, 2.75) is 52.8 Å². The van der Waals surface area contributed by atoms with E-state index in [4.69, 9.17) is 4.74 Å². The lowest BCUT2D eigenvalue weighted by Crippen LogP contribution is -2.40. The van der Waals surface area contributed by atoms with Gasteiger partial charge in [-0.25, -0.2) is 9.97 Å². The Bertz CT molecular complexity index is 904. The molecule has 0 amide bonds. The van der Waals surface area contributed by atoms with Gasteiger partial charge in [-0.1, -0.05) is 52.0 Å². The molecule has 2 heterocycles. The number of hydrogen-bond donors (Lipinski definition) is 0.